The van der Waals surface area contributed by atoms with Crippen molar-refractivity contribution >= 4 is 18.0 Å². The predicted octanol–water partition coefficient (Wildman–Crippen LogP) is 3.79. The summed E-state index contributed by atoms with van der Waals surface area (Å²) in [5.41, 5.74) is 0.449. The number of hydrogen-bond acceptors (Lipinski definition) is 4. The number of nitrogens with one attached hydrogen (secondary N) is 1. The number of nitrogens with zero attached hydrogens (tertiary/aromatic N) is 1. The van der Waals surface area contributed by atoms with E-state index in [4.69, 9.17) is 4.74 Å². The molecule has 2 aliphatic rings. The first kappa shape index (κ1) is 23.1. The fourth-order valence-corrected chi connectivity index (χ4v) is 4.78. The standard InChI is InChI=1S/C24H34N2O5/c1-24(2,3)31-23(30)25-15-16-9-11-18(12-10-16)21(27)26-14-13-19(20(26)22(28)29)17-7-5-4-6-8-17/h4-8,16,18-20H,9-15H2,1-3H3,(H,25,30)(H,28,29)/t16-,18-,19?,20?. The number of benzene rings is 1. The van der Waals surface area contributed by atoms with Crippen LogP contribution in [0.5, 0.6) is 0 Å². The van der Waals surface area contributed by atoms with Crippen LogP contribution in [0.2, 0.25) is 0 Å². The van der Waals surface area contributed by atoms with Crippen LogP contribution >= 0.6 is 0 Å². The van der Waals surface area contributed by atoms with Crippen LogP contribution in [-0.2, 0) is 14.3 Å². The molecule has 1 aliphatic carbocycles. The number of carbonyl (C=O) groups is 3. The van der Waals surface area contributed by atoms with E-state index in [1.807, 2.05) is 51.1 Å². The molecule has 2 amide bonds. The highest BCUT2D eigenvalue weighted by Crippen LogP contribution is 2.37. The quantitative estimate of drug-likeness (QED) is 0.741. The van der Waals surface area contributed by atoms with E-state index in [9.17, 15) is 19.5 Å². The molecular weight excluding hydrogens is 396 g/mol. The van der Waals surface area contributed by atoms with Crippen LogP contribution in [0.15, 0.2) is 30.3 Å². The van der Waals surface area contributed by atoms with Gasteiger partial charge in [0.25, 0.3) is 0 Å². The van der Waals surface area contributed by atoms with E-state index in [-0.39, 0.29) is 17.7 Å². The topological polar surface area (TPSA) is 95.9 Å². The summed E-state index contributed by atoms with van der Waals surface area (Å²) in [6, 6.07) is 8.81. The second-order valence-corrected chi connectivity index (χ2v) is 9.72. The third kappa shape index (κ3) is 5.99. The number of hydrogen-bond donors (Lipinski definition) is 2. The molecule has 7 heteroatoms. The molecule has 7 nitrogen and oxygen atoms in total. The second-order valence-electron chi connectivity index (χ2n) is 9.72. The number of ether oxygens (including phenoxy) is 1. The molecule has 1 heterocycles. The Morgan fingerprint density at radius 2 is 1.71 bits per heavy atom. The number of carboxylic acids is 1. The fourth-order valence-electron chi connectivity index (χ4n) is 4.78. The van der Waals surface area contributed by atoms with Gasteiger partial charge in [-0.15, -0.1) is 0 Å². The third-order valence-corrected chi connectivity index (χ3v) is 6.29. The Kier molecular flexibility index (Phi) is 7.23. The SMILES string of the molecule is CC(C)(C)OC(=O)NC[C@H]1CC[C@H](C(=O)N2CCC(c3ccccc3)C2C(=O)O)CC1. The number of aliphatic carboxylic acids is 1. The third-order valence-electron chi connectivity index (χ3n) is 6.29. The number of amides is 2. The van der Waals surface area contributed by atoms with Gasteiger partial charge in [0.2, 0.25) is 5.91 Å². The molecule has 1 aromatic rings. The summed E-state index contributed by atoms with van der Waals surface area (Å²) >= 11 is 0. The largest absolute Gasteiger partial charge is 0.480 e. The van der Waals surface area contributed by atoms with Gasteiger partial charge in [0.05, 0.1) is 0 Å². The molecule has 0 bridgehead atoms. The lowest BCUT2D eigenvalue weighted by atomic mass is 9.81. The maximum atomic E-state index is 13.2. The molecule has 3 rings (SSSR count). The Hall–Kier alpha value is -2.57. The maximum Gasteiger partial charge on any atom is 0.407 e. The van der Waals surface area contributed by atoms with Gasteiger partial charge in [-0.2, -0.15) is 0 Å². The Balaban J connectivity index is 1.53. The molecule has 1 saturated carbocycles. The first-order valence-corrected chi connectivity index (χ1v) is 11.2. The van der Waals surface area contributed by atoms with Crippen molar-refractivity contribution in [2.24, 2.45) is 11.8 Å². The molecule has 2 unspecified atom stereocenters. The van der Waals surface area contributed by atoms with E-state index in [1.54, 1.807) is 4.90 Å². The smallest absolute Gasteiger partial charge is 0.407 e. The molecule has 0 spiro atoms. The maximum absolute atomic E-state index is 13.2. The lowest BCUT2D eigenvalue weighted by Gasteiger charge is -2.33. The van der Waals surface area contributed by atoms with Crippen molar-refractivity contribution in [3.8, 4) is 0 Å². The zero-order chi connectivity index (χ0) is 22.6. The van der Waals surface area contributed by atoms with E-state index < -0.39 is 23.7 Å². The van der Waals surface area contributed by atoms with Crippen molar-refractivity contribution in [3.05, 3.63) is 35.9 Å². The monoisotopic (exact) mass is 430 g/mol. The van der Waals surface area contributed by atoms with Crippen LogP contribution in [0, 0.1) is 11.8 Å². The minimum atomic E-state index is -0.935. The van der Waals surface area contributed by atoms with Gasteiger partial charge in [0, 0.05) is 24.9 Å². The molecule has 170 valence electrons. The van der Waals surface area contributed by atoms with Crippen molar-refractivity contribution < 1.29 is 24.2 Å². The van der Waals surface area contributed by atoms with Gasteiger partial charge in [-0.25, -0.2) is 9.59 Å². The Morgan fingerprint density at radius 1 is 1.06 bits per heavy atom. The van der Waals surface area contributed by atoms with Crippen LogP contribution in [0.3, 0.4) is 0 Å². The van der Waals surface area contributed by atoms with E-state index in [0.717, 1.165) is 31.2 Å². The van der Waals surface area contributed by atoms with Gasteiger partial charge >= 0.3 is 12.1 Å². The summed E-state index contributed by atoms with van der Waals surface area (Å²) in [6.45, 7) is 6.50. The van der Waals surface area contributed by atoms with Crippen molar-refractivity contribution in [2.45, 2.75) is 70.4 Å². The minimum absolute atomic E-state index is 0.0376. The zero-order valence-electron chi connectivity index (χ0n) is 18.7. The Morgan fingerprint density at radius 3 is 2.29 bits per heavy atom. The van der Waals surface area contributed by atoms with Crippen LogP contribution in [0.25, 0.3) is 0 Å². The van der Waals surface area contributed by atoms with Crippen LogP contribution in [0.1, 0.15) is 64.4 Å². The van der Waals surface area contributed by atoms with Gasteiger partial charge in [0.15, 0.2) is 0 Å². The average molecular weight is 431 g/mol. The van der Waals surface area contributed by atoms with Crippen LogP contribution in [-0.4, -0.2) is 52.7 Å². The van der Waals surface area contributed by atoms with Gasteiger partial charge in [-0.1, -0.05) is 30.3 Å². The molecule has 2 atom stereocenters. The summed E-state index contributed by atoms with van der Waals surface area (Å²) in [6.07, 6.45) is 3.36. The lowest BCUT2D eigenvalue weighted by Crippen LogP contribution is -2.46. The normalized spacial score (nSPS) is 26.4. The van der Waals surface area contributed by atoms with Crippen LogP contribution in [0.4, 0.5) is 4.79 Å². The van der Waals surface area contributed by atoms with Crippen molar-refractivity contribution in [2.75, 3.05) is 13.1 Å². The summed E-state index contributed by atoms with van der Waals surface area (Å²) in [4.78, 5) is 38.7. The van der Waals surface area contributed by atoms with Gasteiger partial charge < -0.3 is 20.1 Å². The number of likely N-dealkylation sites (tertiary alicyclic amines) is 1. The molecule has 2 fully saturated rings. The highest BCUT2D eigenvalue weighted by molar-refractivity contribution is 5.86. The Labute approximate surface area is 184 Å². The van der Waals surface area contributed by atoms with Gasteiger partial charge in [-0.3, -0.25) is 4.79 Å². The first-order valence-electron chi connectivity index (χ1n) is 11.2. The minimum Gasteiger partial charge on any atom is -0.480 e. The summed E-state index contributed by atoms with van der Waals surface area (Å²) in [5.74, 6) is -0.979. The zero-order valence-corrected chi connectivity index (χ0v) is 18.7. The van der Waals surface area contributed by atoms with Gasteiger partial charge in [-0.05, 0) is 64.4 Å². The first-order chi connectivity index (χ1) is 14.7. The highest BCUT2D eigenvalue weighted by Gasteiger charge is 2.44. The molecule has 0 aromatic heterocycles. The van der Waals surface area contributed by atoms with E-state index >= 15 is 0 Å². The number of carboxylic acid groups (broad SMARTS) is 1. The highest BCUT2D eigenvalue weighted by atomic mass is 16.6. The molecule has 1 aromatic carbocycles. The van der Waals surface area contributed by atoms with E-state index in [1.165, 1.54) is 0 Å². The molecule has 1 aliphatic heterocycles. The second kappa shape index (κ2) is 9.71. The average Bonchev–Trinajstić information content (AvgIpc) is 3.17. The molecule has 2 N–H and O–H groups in total. The van der Waals surface area contributed by atoms with Crippen LogP contribution < -0.4 is 5.32 Å². The van der Waals surface area contributed by atoms with Crippen molar-refractivity contribution in [3.63, 3.8) is 0 Å². The molecule has 31 heavy (non-hydrogen) atoms. The predicted molar refractivity (Wildman–Crippen MR) is 117 cm³/mol. The lowest BCUT2D eigenvalue weighted by molar-refractivity contribution is -0.151. The summed E-state index contributed by atoms with van der Waals surface area (Å²) in [7, 11) is 0. The summed E-state index contributed by atoms with van der Waals surface area (Å²) in [5, 5.41) is 12.7. The molecular formula is C24H34N2O5. The number of rotatable bonds is 5. The van der Waals surface area contributed by atoms with E-state index in [0.29, 0.717) is 25.4 Å². The Bertz CT molecular complexity index is 781. The van der Waals surface area contributed by atoms with Crippen molar-refractivity contribution in [1.29, 1.82) is 0 Å². The fraction of sp³-hybridized carbons (Fsp3) is 0.625. The van der Waals surface area contributed by atoms with Crippen molar-refractivity contribution in [1.82, 2.24) is 10.2 Å². The van der Waals surface area contributed by atoms with Gasteiger partial charge in [0.1, 0.15) is 11.6 Å². The van der Waals surface area contributed by atoms with E-state index in [2.05, 4.69) is 5.32 Å². The number of carbonyl (C=O) groups excluding carboxylic acids is 2. The number of alkyl carbamates (subject to hydrolysis) is 1. The summed E-state index contributed by atoms with van der Waals surface area (Å²) < 4.78 is 5.27. The molecule has 0 radical (unpaired) electrons. The molecule has 1 saturated heterocycles.